The standard InChI is InChI=1S/C15H15F3N4O.ClH/c1-21-4-3-20-14(21)12-8-19-2-5-22(12)15(23)9-6-10(16)13(18)11(17)7-9;/h3-4,6-7,12,19H,2,5,8H2,1H3;1H. The molecule has 0 saturated carbocycles. The second-order valence-corrected chi connectivity index (χ2v) is 5.37. The summed E-state index contributed by atoms with van der Waals surface area (Å²) in [5.74, 6) is -4.23. The predicted octanol–water partition coefficient (Wildman–Crippen LogP) is 2.05. The lowest BCUT2D eigenvalue weighted by molar-refractivity contribution is 0.0619. The summed E-state index contributed by atoms with van der Waals surface area (Å²) in [6.45, 7) is 1.39. The molecule has 0 radical (unpaired) electrons. The van der Waals surface area contributed by atoms with Gasteiger partial charge in [0.1, 0.15) is 11.9 Å². The van der Waals surface area contributed by atoms with Crippen molar-refractivity contribution in [3.05, 3.63) is 53.4 Å². The molecule has 1 aliphatic heterocycles. The minimum Gasteiger partial charge on any atom is -0.336 e. The highest BCUT2D eigenvalue weighted by molar-refractivity contribution is 5.94. The molecule has 2 heterocycles. The molecule has 1 fully saturated rings. The van der Waals surface area contributed by atoms with Crippen molar-refractivity contribution in [2.24, 2.45) is 7.05 Å². The number of hydrogen-bond donors (Lipinski definition) is 1. The highest BCUT2D eigenvalue weighted by atomic mass is 35.5. The van der Waals surface area contributed by atoms with E-state index in [2.05, 4.69) is 10.3 Å². The van der Waals surface area contributed by atoms with Crippen LogP contribution in [0.4, 0.5) is 13.2 Å². The molecule has 3 rings (SSSR count). The van der Waals surface area contributed by atoms with Gasteiger partial charge in [-0.15, -0.1) is 12.4 Å². The molecular formula is C15H16ClF3N4O. The number of halogens is 4. The van der Waals surface area contributed by atoms with Crippen LogP contribution in [0.15, 0.2) is 24.5 Å². The van der Waals surface area contributed by atoms with E-state index in [-0.39, 0.29) is 24.0 Å². The third kappa shape index (κ3) is 3.25. The van der Waals surface area contributed by atoms with E-state index in [1.807, 2.05) is 0 Å². The Bertz CT molecular complexity index is 729. The Balaban J connectivity index is 0.00000208. The zero-order valence-corrected chi connectivity index (χ0v) is 13.6. The van der Waals surface area contributed by atoms with Gasteiger partial charge in [-0.3, -0.25) is 4.79 Å². The SMILES string of the molecule is Cl.Cn1ccnc1C1CNCCN1C(=O)c1cc(F)c(F)c(F)c1. The first-order chi connectivity index (χ1) is 11.0. The smallest absolute Gasteiger partial charge is 0.254 e. The van der Waals surface area contributed by atoms with Gasteiger partial charge in [-0.05, 0) is 12.1 Å². The van der Waals surface area contributed by atoms with E-state index in [1.165, 1.54) is 4.90 Å². The lowest BCUT2D eigenvalue weighted by Crippen LogP contribution is -2.49. The van der Waals surface area contributed by atoms with Crippen molar-refractivity contribution in [1.29, 1.82) is 0 Å². The highest BCUT2D eigenvalue weighted by Gasteiger charge is 2.31. The summed E-state index contributed by atoms with van der Waals surface area (Å²) in [6, 6.07) is 1.07. The van der Waals surface area contributed by atoms with Gasteiger partial charge in [0.2, 0.25) is 0 Å². The monoisotopic (exact) mass is 360 g/mol. The Labute approximate surface area is 142 Å². The van der Waals surface area contributed by atoms with Crippen LogP contribution in [0.5, 0.6) is 0 Å². The summed E-state index contributed by atoms with van der Waals surface area (Å²) < 4.78 is 41.6. The summed E-state index contributed by atoms with van der Waals surface area (Å²) in [5, 5.41) is 3.16. The number of rotatable bonds is 2. The van der Waals surface area contributed by atoms with Crippen molar-refractivity contribution in [2.45, 2.75) is 6.04 Å². The number of hydrogen-bond acceptors (Lipinski definition) is 3. The molecule has 9 heteroatoms. The van der Waals surface area contributed by atoms with Gasteiger partial charge >= 0.3 is 0 Å². The number of imidazole rings is 1. The first kappa shape index (κ1) is 18.3. The van der Waals surface area contributed by atoms with Crippen LogP contribution >= 0.6 is 12.4 Å². The van der Waals surface area contributed by atoms with Crippen LogP contribution in [-0.4, -0.2) is 40.0 Å². The topological polar surface area (TPSA) is 50.2 Å². The van der Waals surface area contributed by atoms with E-state index < -0.39 is 23.4 Å². The summed E-state index contributed by atoms with van der Waals surface area (Å²) in [5.41, 5.74) is -0.220. The number of carbonyl (C=O) groups is 1. The number of aryl methyl sites for hydroxylation is 1. The number of carbonyl (C=O) groups excluding carboxylic acids is 1. The minimum atomic E-state index is -1.58. The molecule has 1 amide bonds. The Morgan fingerprint density at radius 1 is 1.29 bits per heavy atom. The first-order valence-electron chi connectivity index (χ1n) is 7.12. The number of amides is 1. The molecule has 1 N–H and O–H groups in total. The molecule has 0 aliphatic carbocycles. The first-order valence-corrected chi connectivity index (χ1v) is 7.12. The maximum Gasteiger partial charge on any atom is 0.254 e. The minimum absolute atomic E-state index is 0. The fourth-order valence-electron chi connectivity index (χ4n) is 2.72. The predicted molar refractivity (Wildman–Crippen MR) is 83.4 cm³/mol. The zero-order chi connectivity index (χ0) is 16.6. The third-order valence-electron chi connectivity index (χ3n) is 3.89. The Morgan fingerprint density at radius 3 is 2.54 bits per heavy atom. The van der Waals surface area contributed by atoms with E-state index in [9.17, 15) is 18.0 Å². The lowest BCUT2D eigenvalue weighted by Gasteiger charge is -2.35. The average Bonchev–Trinajstić information content (AvgIpc) is 2.97. The van der Waals surface area contributed by atoms with Gasteiger partial charge in [-0.2, -0.15) is 0 Å². The van der Waals surface area contributed by atoms with E-state index in [4.69, 9.17) is 0 Å². The van der Waals surface area contributed by atoms with E-state index in [0.717, 1.165) is 12.1 Å². The van der Waals surface area contributed by atoms with Crippen molar-refractivity contribution >= 4 is 18.3 Å². The third-order valence-corrected chi connectivity index (χ3v) is 3.89. The number of aromatic nitrogens is 2. The van der Waals surface area contributed by atoms with Crippen LogP contribution in [0, 0.1) is 17.5 Å². The molecule has 1 aromatic carbocycles. The lowest BCUT2D eigenvalue weighted by atomic mass is 10.1. The molecule has 0 bridgehead atoms. The maximum atomic E-state index is 13.4. The number of nitrogens with zero attached hydrogens (tertiary/aromatic N) is 3. The average molecular weight is 361 g/mol. The largest absolute Gasteiger partial charge is 0.336 e. The van der Waals surface area contributed by atoms with Gasteiger partial charge in [0.05, 0.1) is 0 Å². The van der Waals surface area contributed by atoms with Gasteiger partial charge in [-0.25, -0.2) is 18.2 Å². The van der Waals surface area contributed by atoms with Crippen LogP contribution in [0.25, 0.3) is 0 Å². The summed E-state index contributed by atoms with van der Waals surface area (Å²) in [7, 11) is 1.80. The zero-order valence-electron chi connectivity index (χ0n) is 12.8. The fourth-order valence-corrected chi connectivity index (χ4v) is 2.72. The maximum absolute atomic E-state index is 13.4. The molecular weight excluding hydrogens is 345 g/mol. The molecule has 1 atom stereocenters. The van der Waals surface area contributed by atoms with Gasteiger partial charge in [0, 0.05) is 44.6 Å². The number of nitrogens with one attached hydrogen (secondary N) is 1. The Kier molecular flexibility index (Phi) is 5.51. The number of benzene rings is 1. The van der Waals surface area contributed by atoms with Crippen molar-refractivity contribution < 1.29 is 18.0 Å². The van der Waals surface area contributed by atoms with Crippen LogP contribution in [0.2, 0.25) is 0 Å². The van der Waals surface area contributed by atoms with Crippen LogP contribution in [0.3, 0.4) is 0 Å². The molecule has 1 aromatic heterocycles. The molecule has 1 unspecified atom stereocenters. The molecule has 130 valence electrons. The van der Waals surface area contributed by atoms with Crippen molar-refractivity contribution in [3.63, 3.8) is 0 Å². The second-order valence-electron chi connectivity index (χ2n) is 5.37. The summed E-state index contributed by atoms with van der Waals surface area (Å²) >= 11 is 0. The van der Waals surface area contributed by atoms with E-state index in [0.29, 0.717) is 25.5 Å². The molecule has 2 aromatic rings. The molecule has 24 heavy (non-hydrogen) atoms. The Hall–Kier alpha value is -2.06. The van der Waals surface area contributed by atoms with Crippen molar-refractivity contribution in [1.82, 2.24) is 19.8 Å². The molecule has 1 saturated heterocycles. The molecule has 5 nitrogen and oxygen atoms in total. The van der Waals surface area contributed by atoms with Crippen molar-refractivity contribution in [2.75, 3.05) is 19.6 Å². The summed E-state index contributed by atoms with van der Waals surface area (Å²) in [6.07, 6.45) is 3.37. The van der Waals surface area contributed by atoms with Gasteiger partial charge in [-0.1, -0.05) is 0 Å². The number of piperazine rings is 1. The summed E-state index contributed by atoms with van der Waals surface area (Å²) in [4.78, 5) is 18.4. The Morgan fingerprint density at radius 2 is 1.96 bits per heavy atom. The quantitative estimate of drug-likeness (QED) is 0.834. The van der Waals surface area contributed by atoms with Gasteiger partial charge in [0.25, 0.3) is 5.91 Å². The highest BCUT2D eigenvalue weighted by Crippen LogP contribution is 2.24. The van der Waals surface area contributed by atoms with E-state index >= 15 is 0 Å². The van der Waals surface area contributed by atoms with Gasteiger partial charge in [0.15, 0.2) is 17.5 Å². The van der Waals surface area contributed by atoms with Crippen LogP contribution in [0.1, 0.15) is 22.2 Å². The van der Waals surface area contributed by atoms with Crippen molar-refractivity contribution in [3.8, 4) is 0 Å². The fraction of sp³-hybridized carbons (Fsp3) is 0.333. The van der Waals surface area contributed by atoms with Gasteiger partial charge < -0.3 is 14.8 Å². The molecule has 0 spiro atoms. The normalized spacial score (nSPS) is 17.5. The second kappa shape index (κ2) is 7.23. The van der Waals surface area contributed by atoms with Crippen LogP contribution in [-0.2, 0) is 7.05 Å². The molecule has 1 aliphatic rings. The van der Waals surface area contributed by atoms with Crippen LogP contribution < -0.4 is 5.32 Å². The van der Waals surface area contributed by atoms with E-state index in [1.54, 1.807) is 24.0 Å².